The van der Waals surface area contributed by atoms with E-state index in [0.717, 1.165) is 23.5 Å². The topological polar surface area (TPSA) is 56.8 Å². The van der Waals surface area contributed by atoms with Crippen molar-refractivity contribution in [3.05, 3.63) is 23.8 Å². The second-order valence-electron chi connectivity index (χ2n) is 3.99. The van der Waals surface area contributed by atoms with Crippen LogP contribution in [0.4, 0.5) is 4.79 Å². The fourth-order valence-electron chi connectivity index (χ4n) is 2.13. The number of alkyl carbamates (subject to hydrolysis) is 1. The van der Waals surface area contributed by atoms with Crippen molar-refractivity contribution in [1.82, 2.24) is 5.32 Å². The summed E-state index contributed by atoms with van der Waals surface area (Å²) in [5, 5.41) is 2.79. The lowest BCUT2D eigenvalue weighted by molar-refractivity contribution is 0.113. The number of fused-ring (bicyclic) bond motifs is 1. The summed E-state index contributed by atoms with van der Waals surface area (Å²) in [6.07, 6.45) is 0.363. The normalized spacial score (nSPS) is 21.3. The minimum atomic E-state index is -0.379. The molecule has 98 valence electrons. The first-order valence-electron chi connectivity index (χ1n) is 5.66. The molecule has 1 N–H and O–H groups in total. The highest BCUT2D eigenvalue weighted by Crippen LogP contribution is 2.38. The first kappa shape index (κ1) is 12.8. The van der Waals surface area contributed by atoms with Crippen LogP contribution in [0.5, 0.6) is 11.5 Å². The summed E-state index contributed by atoms with van der Waals surface area (Å²) in [6, 6.07) is 5.67. The van der Waals surface area contributed by atoms with Gasteiger partial charge in [-0.25, -0.2) is 4.79 Å². The van der Waals surface area contributed by atoms with E-state index in [0.29, 0.717) is 19.8 Å². The summed E-state index contributed by atoms with van der Waals surface area (Å²) in [6.45, 7) is 1.54. The number of ether oxygens (including phenoxy) is 3. The lowest BCUT2D eigenvalue weighted by Gasteiger charge is -2.28. The molecule has 0 saturated carbocycles. The van der Waals surface area contributed by atoms with Crippen molar-refractivity contribution in [1.29, 1.82) is 0 Å². The lowest BCUT2D eigenvalue weighted by atomic mass is 10.0. The zero-order chi connectivity index (χ0) is 11.7. The second-order valence-corrected chi connectivity index (χ2v) is 3.99. The number of amides is 1. The van der Waals surface area contributed by atoms with Crippen LogP contribution in [0.25, 0.3) is 0 Å². The SMILES string of the molecule is Cl.O=C1N[C@@H](c2cccc3c2OCCO3)CCO1. The Morgan fingerprint density at radius 1 is 1.11 bits per heavy atom. The number of hydrogen-bond acceptors (Lipinski definition) is 4. The molecule has 3 rings (SSSR count). The molecule has 0 spiro atoms. The van der Waals surface area contributed by atoms with Gasteiger partial charge in [-0.15, -0.1) is 12.4 Å². The van der Waals surface area contributed by atoms with Gasteiger partial charge in [0.2, 0.25) is 0 Å². The molecule has 1 atom stereocenters. The Labute approximate surface area is 111 Å². The average Bonchev–Trinajstić information content (AvgIpc) is 2.38. The van der Waals surface area contributed by atoms with Gasteiger partial charge in [-0.05, 0) is 6.07 Å². The van der Waals surface area contributed by atoms with Crippen LogP contribution in [0.3, 0.4) is 0 Å². The maximum Gasteiger partial charge on any atom is 0.407 e. The Bertz CT molecular complexity index is 452. The molecular formula is C12H14ClNO4. The number of benzene rings is 1. The fourth-order valence-corrected chi connectivity index (χ4v) is 2.13. The molecule has 0 radical (unpaired) electrons. The molecule has 5 nitrogen and oxygen atoms in total. The third-order valence-electron chi connectivity index (χ3n) is 2.90. The van der Waals surface area contributed by atoms with Crippen LogP contribution < -0.4 is 14.8 Å². The molecule has 1 fully saturated rings. The van der Waals surface area contributed by atoms with E-state index < -0.39 is 0 Å². The quantitative estimate of drug-likeness (QED) is 0.849. The summed E-state index contributed by atoms with van der Waals surface area (Å²) in [4.78, 5) is 11.2. The zero-order valence-corrected chi connectivity index (χ0v) is 10.5. The number of hydrogen-bond donors (Lipinski definition) is 1. The molecule has 1 saturated heterocycles. The largest absolute Gasteiger partial charge is 0.486 e. The predicted molar refractivity (Wildman–Crippen MR) is 66.5 cm³/mol. The van der Waals surface area contributed by atoms with Crippen molar-refractivity contribution < 1.29 is 19.0 Å². The predicted octanol–water partition coefficient (Wildman–Crippen LogP) is 2.05. The van der Waals surface area contributed by atoms with E-state index in [-0.39, 0.29) is 24.5 Å². The Balaban J connectivity index is 0.00000120. The molecule has 18 heavy (non-hydrogen) atoms. The van der Waals surface area contributed by atoms with Gasteiger partial charge in [0, 0.05) is 12.0 Å². The van der Waals surface area contributed by atoms with E-state index >= 15 is 0 Å². The molecule has 1 aromatic carbocycles. The molecule has 0 aromatic heterocycles. The first-order valence-corrected chi connectivity index (χ1v) is 5.66. The smallest absolute Gasteiger partial charge is 0.407 e. The van der Waals surface area contributed by atoms with Gasteiger partial charge in [0.15, 0.2) is 11.5 Å². The van der Waals surface area contributed by atoms with Crippen molar-refractivity contribution in [3.8, 4) is 11.5 Å². The summed E-state index contributed by atoms with van der Waals surface area (Å²) >= 11 is 0. The third kappa shape index (κ3) is 2.31. The molecule has 0 unspecified atom stereocenters. The van der Waals surface area contributed by atoms with Gasteiger partial charge in [0.1, 0.15) is 13.2 Å². The highest BCUT2D eigenvalue weighted by Gasteiger charge is 2.26. The third-order valence-corrected chi connectivity index (χ3v) is 2.90. The van der Waals surface area contributed by atoms with Crippen molar-refractivity contribution in [2.75, 3.05) is 19.8 Å². The lowest BCUT2D eigenvalue weighted by Crippen LogP contribution is -2.35. The van der Waals surface area contributed by atoms with Gasteiger partial charge in [0.25, 0.3) is 0 Å². The Morgan fingerprint density at radius 2 is 1.94 bits per heavy atom. The molecule has 2 heterocycles. The van der Waals surface area contributed by atoms with Crippen LogP contribution in [-0.4, -0.2) is 25.9 Å². The van der Waals surface area contributed by atoms with Crippen molar-refractivity contribution in [3.63, 3.8) is 0 Å². The minimum absolute atomic E-state index is 0. The number of para-hydroxylation sites is 1. The number of carbonyl (C=O) groups is 1. The maximum atomic E-state index is 11.2. The molecular weight excluding hydrogens is 258 g/mol. The summed E-state index contributed by atoms with van der Waals surface area (Å²) < 4.78 is 16.0. The Morgan fingerprint density at radius 3 is 2.78 bits per heavy atom. The minimum Gasteiger partial charge on any atom is -0.486 e. The number of halogens is 1. The number of nitrogens with one attached hydrogen (secondary N) is 1. The summed E-state index contributed by atoms with van der Waals surface area (Å²) in [5.74, 6) is 1.49. The van der Waals surface area contributed by atoms with Gasteiger partial charge in [-0.3, -0.25) is 0 Å². The van der Waals surface area contributed by atoms with E-state index in [9.17, 15) is 4.79 Å². The van der Waals surface area contributed by atoms with Gasteiger partial charge in [-0.2, -0.15) is 0 Å². The molecule has 2 aliphatic heterocycles. The molecule has 2 aliphatic rings. The van der Waals surface area contributed by atoms with Crippen LogP contribution in [0.2, 0.25) is 0 Å². The standard InChI is InChI=1S/C12H13NO4.ClH/c14-12-13-9(4-5-17-12)8-2-1-3-10-11(8)16-7-6-15-10;/h1-3,9H,4-7H2,(H,13,14);1H/t9-;/m1./s1. The average molecular weight is 272 g/mol. The molecule has 0 bridgehead atoms. The first-order chi connectivity index (χ1) is 8.34. The number of rotatable bonds is 1. The van der Waals surface area contributed by atoms with Crippen LogP contribution in [0.15, 0.2) is 18.2 Å². The van der Waals surface area contributed by atoms with Gasteiger partial charge in [-0.1, -0.05) is 12.1 Å². The van der Waals surface area contributed by atoms with Crippen molar-refractivity contribution in [2.45, 2.75) is 12.5 Å². The Kier molecular flexibility index (Phi) is 3.81. The van der Waals surface area contributed by atoms with Crippen LogP contribution in [-0.2, 0) is 4.74 Å². The molecule has 0 aliphatic carbocycles. The number of carbonyl (C=O) groups excluding carboxylic acids is 1. The van der Waals surface area contributed by atoms with Crippen LogP contribution in [0, 0.1) is 0 Å². The van der Waals surface area contributed by atoms with Crippen molar-refractivity contribution in [2.24, 2.45) is 0 Å². The van der Waals surface area contributed by atoms with E-state index in [4.69, 9.17) is 14.2 Å². The van der Waals surface area contributed by atoms with Gasteiger partial charge in [0.05, 0.1) is 12.6 Å². The van der Waals surface area contributed by atoms with E-state index in [2.05, 4.69) is 5.32 Å². The maximum absolute atomic E-state index is 11.2. The van der Waals surface area contributed by atoms with Crippen LogP contribution >= 0.6 is 12.4 Å². The van der Waals surface area contributed by atoms with E-state index in [1.165, 1.54) is 0 Å². The van der Waals surface area contributed by atoms with E-state index in [1.54, 1.807) is 0 Å². The fraction of sp³-hybridized carbons (Fsp3) is 0.417. The Hall–Kier alpha value is -1.62. The van der Waals surface area contributed by atoms with Gasteiger partial charge < -0.3 is 19.5 Å². The summed E-state index contributed by atoms with van der Waals surface area (Å²) in [7, 11) is 0. The highest BCUT2D eigenvalue weighted by molar-refractivity contribution is 5.85. The molecule has 1 aromatic rings. The zero-order valence-electron chi connectivity index (χ0n) is 9.68. The summed E-state index contributed by atoms with van der Waals surface area (Å²) in [5.41, 5.74) is 0.957. The van der Waals surface area contributed by atoms with Crippen LogP contribution in [0.1, 0.15) is 18.0 Å². The number of cyclic esters (lactones) is 1. The highest BCUT2D eigenvalue weighted by atomic mass is 35.5. The second kappa shape index (κ2) is 5.35. The van der Waals surface area contributed by atoms with Gasteiger partial charge >= 0.3 is 6.09 Å². The monoisotopic (exact) mass is 271 g/mol. The molecule has 6 heteroatoms. The van der Waals surface area contributed by atoms with Crippen molar-refractivity contribution >= 4 is 18.5 Å². The molecule has 1 amide bonds. The van der Waals surface area contributed by atoms with E-state index in [1.807, 2.05) is 18.2 Å².